The lowest BCUT2D eigenvalue weighted by Crippen LogP contribution is -2.56. The molecule has 6 heteroatoms. The molecule has 1 aromatic rings. The molecule has 2 fully saturated rings. The predicted molar refractivity (Wildman–Crippen MR) is 90.8 cm³/mol. The number of carbonyl (C=O) groups is 2. The maximum absolute atomic E-state index is 12.6. The molecule has 0 aromatic heterocycles. The van der Waals surface area contributed by atoms with Gasteiger partial charge in [0.25, 0.3) is 5.91 Å². The first-order valence-electron chi connectivity index (χ1n) is 8.47. The normalized spacial score (nSPS) is 21.0. The summed E-state index contributed by atoms with van der Waals surface area (Å²) in [5.41, 5.74) is 0.564. The Balaban J connectivity index is 1.69. The van der Waals surface area contributed by atoms with Gasteiger partial charge in [-0.25, -0.2) is 4.79 Å². The number of likely N-dealkylation sites (N-methyl/N-ethyl adjacent to an activating group) is 2. The Bertz CT molecular complexity index is 638. The van der Waals surface area contributed by atoms with Crippen molar-refractivity contribution in [3.63, 3.8) is 0 Å². The van der Waals surface area contributed by atoms with Crippen molar-refractivity contribution >= 4 is 11.9 Å². The van der Waals surface area contributed by atoms with Gasteiger partial charge in [-0.1, -0.05) is 12.1 Å². The first kappa shape index (κ1) is 16.8. The molecule has 3 amide bonds. The van der Waals surface area contributed by atoms with Crippen LogP contribution in [0.25, 0.3) is 0 Å². The Hall–Kier alpha value is -2.08. The summed E-state index contributed by atoms with van der Waals surface area (Å²) in [5.74, 6) is 0.812. The van der Waals surface area contributed by atoms with Crippen LogP contribution in [0, 0.1) is 0 Å². The number of urea groups is 1. The number of amides is 3. The monoisotopic (exact) mass is 331 g/mol. The molecule has 0 bridgehead atoms. The smallest absolute Gasteiger partial charge is 0.327 e. The SMILES string of the molecule is CCN1C(=O)N(C)C(=O)C12CCN(Cc1cccc(OC)c1)CC2. The van der Waals surface area contributed by atoms with Crippen molar-refractivity contribution in [1.82, 2.24) is 14.7 Å². The van der Waals surface area contributed by atoms with Crippen molar-refractivity contribution in [3.8, 4) is 5.75 Å². The molecule has 0 saturated carbocycles. The molecule has 2 aliphatic rings. The number of hydrogen-bond acceptors (Lipinski definition) is 4. The van der Waals surface area contributed by atoms with Crippen molar-refractivity contribution in [2.75, 3.05) is 33.8 Å². The van der Waals surface area contributed by atoms with Crippen molar-refractivity contribution in [1.29, 1.82) is 0 Å². The molecule has 2 heterocycles. The summed E-state index contributed by atoms with van der Waals surface area (Å²) >= 11 is 0. The quantitative estimate of drug-likeness (QED) is 0.791. The average Bonchev–Trinajstić information content (AvgIpc) is 2.78. The summed E-state index contributed by atoms with van der Waals surface area (Å²) < 4.78 is 5.27. The number of nitrogens with zero attached hydrogens (tertiary/aromatic N) is 3. The lowest BCUT2D eigenvalue weighted by Gasteiger charge is -2.41. The van der Waals surface area contributed by atoms with E-state index in [2.05, 4.69) is 11.0 Å². The van der Waals surface area contributed by atoms with E-state index in [1.54, 1.807) is 19.1 Å². The van der Waals surface area contributed by atoms with Gasteiger partial charge < -0.3 is 9.64 Å². The van der Waals surface area contributed by atoms with Gasteiger partial charge in [-0.15, -0.1) is 0 Å². The molecule has 6 nitrogen and oxygen atoms in total. The second kappa shape index (κ2) is 6.43. The topological polar surface area (TPSA) is 53.1 Å². The summed E-state index contributed by atoms with van der Waals surface area (Å²) in [6.45, 7) is 4.96. The fraction of sp³-hybridized carbons (Fsp3) is 0.556. The summed E-state index contributed by atoms with van der Waals surface area (Å²) in [7, 11) is 3.26. The number of rotatable bonds is 4. The summed E-state index contributed by atoms with van der Waals surface area (Å²) in [6, 6.07) is 7.90. The third-order valence-electron chi connectivity index (χ3n) is 5.28. The number of ether oxygens (including phenoxy) is 1. The molecule has 0 atom stereocenters. The maximum atomic E-state index is 12.6. The Morgan fingerprint density at radius 1 is 1.21 bits per heavy atom. The highest BCUT2D eigenvalue weighted by atomic mass is 16.5. The van der Waals surface area contributed by atoms with Crippen LogP contribution >= 0.6 is 0 Å². The molecule has 130 valence electrons. The predicted octanol–water partition coefficient (Wildman–Crippen LogP) is 1.94. The van der Waals surface area contributed by atoms with E-state index < -0.39 is 5.54 Å². The fourth-order valence-electron chi connectivity index (χ4n) is 3.91. The van der Waals surface area contributed by atoms with Crippen LogP contribution in [0.5, 0.6) is 5.75 Å². The van der Waals surface area contributed by atoms with E-state index in [0.717, 1.165) is 25.4 Å². The zero-order valence-corrected chi connectivity index (χ0v) is 14.6. The number of hydrogen-bond donors (Lipinski definition) is 0. The minimum atomic E-state index is -0.633. The highest BCUT2D eigenvalue weighted by molar-refractivity contribution is 6.06. The lowest BCUT2D eigenvalue weighted by molar-refractivity contribution is -0.134. The highest BCUT2D eigenvalue weighted by Gasteiger charge is 2.56. The van der Waals surface area contributed by atoms with Crippen LogP contribution in [0.15, 0.2) is 24.3 Å². The Morgan fingerprint density at radius 3 is 2.54 bits per heavy atom. The number of piperidine rings is 1. The van der Waals surface area contributed by atoms with Gasteiger partial charge in [-0.05, 0) is 37.5 Å². The average molecular weight is 331 g/mol. The van der Waals surface area contributed by atoms with E-state index in [-0.39, 0.29) is 11.9 Å². The third kappa shape index (κ3) is 2.65. The van der Waals surface area contributed by atoms with Crippen LogP contribution in [-0.4, -0.2) is 66.0 Å². The van der Waals surface area contributed by atoms with Crippen molar-refractivity contribution in [2.45, 2.75) is 31.8 Å². The molecule has 1 aromatic carbocycles. The molecular formula is C18H25N3O3. The van der Waals surface area contributed by atoms with Gasteiger partial charge in [-0.3, -0.25) is 14.6 Å². The van der Waals surface area contributed by atoms with Gasteiger partial charge in [0.1, 0.15) is 11.3 Å². The first-order chi connectivity index (χ1) is 11.5. The van der Waals surface area contributed by atoms with Crippen LogP contribution in [0.2, 0.25) is 0 Å². The second-order valence-electron chi connectivity index (χ2n) is 6.55. The van der Waals surface area contributed by atoms with E-state index >= 15 is 0 Å². The number of likely N-dealkylation sites (tertiary alicyclic amines) is 1. The van der Waals surface area contributed by atoms with E-state index in [0.29, 0.717) is 19.4 Å². The first-order valence-corrected chi connectivity index (χ1v) is 8.47. The van der Waals surface area contributed by atoms with E-state index in [4.69, 9.17) is 4.74 Å². The van der Waals surface area contributed by atoms with E-state index in [1.165, 1.54) is 10.5 Å². The number of benzene rings is 1. The van der Waals surface area contributed by atoms with Gasteiger partial charge >= 0.3 is 6.03 Å². The van der Waals surface area contributed by atoms with Crippen molar-refractivity contribution in [2.24, 2.45) is 0 Å². The van der Waals surface area contributed by atoms with Gasteiger partial charge in [0, 0.05) is 33.2 Å². The number of methoxy groups -OCH3 is 1. The molecule has 0 N–H and O–H groups in total. The Kier molecular flexibility index (Phi) is 4.49. The summed E-state index contributed by atoms with van der Waals surface area (Å²) in [5, 5.41) is 0. The molecule has 0 aliphatic carbocycles. The lowest BCUT2D eigenvalue weighted by atomic mass is 9.85. The largest absolute Gasteiger partial charge is 0.497 e. The van der Waals surface area contributed by atoms with E-state index in [9.17, 15) is 9.59 Å². The van der Waals surface area contributed by atoms with Crippen LogP contribution in [-0.2, 0) is 11.3 Å². The third-order valence-corrected chi connectivity index (χ3v) is 5.28. The van der Waals surface area contributed by atoms with Crippen LogP contribution in [0.3, 0.4) is 0 Å². The standard InChI is InChI=1S/C18H25N3O3/c1-4-21-17(23)19(2)16(22)18(21)8-10-20(11-9-18)13-14-6-5-7-15(12-14)24-3/h5-7,12H,4,8-11,13H2,1-3H3. The summed E-state index contributed by atoms with van der Waals surface area (Å²) in [4.78, 5) is 30.3. The molecule has 0 unspecified atom stereocenters. The van der Waals surface area contributed by atoms with Gasteiger partial charge in [0.05, 0.1) is 7.11 Å². The maximum Gasteiger partial charge on any atom is 0.327 e. The molecule has 2 saturated heterocycles. The molecule has 24 heavy (non-hydrogen) atoms. The van der Waals surface area contributed by atoms with Gasteiger partial charge in [-0.2, -0.15) is 0 Å². The van der Waals surface area contributed by atoms with E-state index in [1.807, 2.05) is 25.1 Å². The second-order valence-corrected chi connectivity index (χ2v) is 6.55. The fourth-order valence-corrected chi connectivity index (χ4v) is 3.91. The van der Waals surface area contributed by atoms with Crippen molar-refractivity contribution < 1.29 is 14.3 Å². The van der Waals surface area contributed by atoms with Gasteiger partial charge in [0.2, 0.25) is 0 Å². The zero-order valence-electron chi connectivity index (χ0n) is 14.6. The minimum Gasteiger partial charge on any atom is -0.497 e. The zero-order chi connectivity index (χ0) is 17.3. The Morgan fingerprint density at radius 2 is 1.92 bits per heavy atom. The summed E-state index contributed by atoms with van der Waals surface area (Å²) in [6.07, 6.45) is 1.39. The number of imide groups is 1. The molecule has 1 spiro atoms. The molecule has 0 radical (unpaired) electrons. The highest BCUT2D eigenvalue weighted by Crippen LogP contribution is 2.36. The minimum absolute atomic E-state index is 0.0459. The number of carbonyl (C=O) groups excluding carboxylic acids is 2. The van der Waals surface area contributed by atoms with Crippen LogP contribution in [0.4, 0.5) is 4.79 Å². The van der Waals surface area contributed by atoms with Crippen LogP contribution in [0.1, 0.15) is 25.3 Å². The molecular weight excluding hydrogens is 306 g/mol. The Labute approximate surface area is 143 Å². The molecule has 2 aliphatic heterocycles. The molecule has 3 rings (SSSR count). The van der Waals surface area contributed by atoms with Crippen molar-refractivity contribution in [3.05, 3.63) is 29.8 Å². The van der Waals surface area contributed by atoms with Gasteiger partial charge in [0.15, 0.2) is 0 Å². The van der Waals surface area contributed by atoms with Crippen LogP contribution < -0.4 is 4.74 Å².